The van der Waals surface area contributed by atoms with Crippen LogP contribution in [-0.4, -0.2) is 39.3 Å². The second-order valence-corrected chi connectivity index (χ2v) is 5.87. The number of anilines is 1. The number of nitrogens with one attached hydrogen (secondary N) is 1. The number of hydrogen-bond acceptors (Lipinski definition) is 4. The molecule has 124 valence electrons. The molecule has 0 atom stereocenters. The van der Waals surface area contributed by atoms with Crippen molar-refractivity contribution in [2.75, 3.05) is 32.1 Å². The summed E-state index contributed by atoms with van der Waals surface area (Å²) in [6.45, 7) is 1.18. The first-order valence-electron chi connectivity index (χ1n) is 7.85. The summed E-state index contributed by atoms with van der Waals surface area (Å²) in [6, 6.07) is 8.09. The number of hydrogen-bond donors (Lipinski definition) is 1. The smallest absolute Gasteiger partial charge is 0.338 e. The van der Waals surface area contributed by atoms with Crippen LogP contribution in [0.4, 0.5) is 5.69 Å². The van der Waals surface area contributed by atoms with Gasteiger partial charge < -0.3 is 15.0 Å². The molecule has 2 rings (SSSR count). The largest absolute Gasteiger partial charge is 0.461 e. The summed E-state index contributed by atoms with van der Waals surface area (Å²) in [5, 5.41) is 3.47. The van der Waals surface area contributed by atoms with Crippen LogP contribution in [-0.2, 0) is 4.74 Å². The number of nitrogens with zero attached hydrogens (tertiary/aromatic N) is 1. The fraction of sp³-hybridized carbons (Fsp3) is 0.588. The third-order valence-electron chi connectivity index (χ3n) is 3.99. The average Bonchev–Trinajstić information content (AvgIpc) is 2.52. The lowest BCUT2D eigenvalue weighted by Gasteiger charge is -2.22. The fourth-order valence-corrected chi connectivity index (χ4v) is 2.69. The van der Waals surface area contributed by atoms with Crippen molar-refractivity contribution < 1.29 is 9.53 Å². The molecule has 0 unspecified atom stereocenters. The summed E-state index contributed by atoms with van der Waals surface area (Å²) in [7, 11) is 3.95. The maximum absolute atomic E-state index is 11.9. The Morgan fingerprint density at radius 2 is 1.82 bits per heavy atom. The van der Waals surface area contributed by atoms with Crippen LogP contribution in [0.15, 0.2) is 24.3 Å². The number of halogens is 1. The van der Waals surface area contributed by atoms with Gasteiger partial charge in [0.15, 0.2) is 0 Å². The zero-order valence-corrected chi connectivity index (χ0v) is 14.3. The van der Waals surface area contributed by atoms with Gasteiger partial charge in [-0.3, -0.25) is 0 Å². The summed E-state index contributed by atoms with van der Waals surface area (Å²) in [5.74, 6) is -0.245. The van der Waals surface area contributed by atoms with Crippen LogP contribution in [0.25, 0.3) is 0 Å². The van der Waals surface area contributed by atoms with Crippen molar-refractivity contribution in [3.63, 3.8) is 0 Å². The zero-order chi connectivity index (χ0) is 15.1. The van der Waals surface area contributed by atoms with Crippen LogP contribution in [0, 0.1) is 0 Å². The van der Waals surface area contributed by atoms with E-state index in [1.165, 1.54) is 32.1 Å². The maximum atomic E-state index is 11.9. The summed E-state index contributed by atoms with van der Waals surface area (Å²) >= 11 is 0. The van der Waals surface area contributed by atoms with Gasteiger partial charge in [0.25, 0.3) is 0 Å². The second-order valence-electron chi connectivity index (χ2n) is 5.87. The Morgan fingerprint density at radius 1 is 1.18 bits per heavy atom. The summed E-state index contributed by atoms with van der Waals surface area (Å²) in [4.78, 5) is 13.9. The van der Waals surface area contributed by atoms with Crippen LogP contribution in [0.5, 0.6) is 0 Å². The van der Waals surface area contributed by atoms with Gasteiger partial charge >= 0.3 is 5.97 Å². The van der Waals surface area contributed by atoms with Crippen molar-refractivity contribution in [1.82, 2.24) is 5.32 Å². The molecule has 1 aliphatic rings. The Balaban J connectivity index is 0.00000242. The van der Waals surface area contributed by atoms with Gasteiger partial charge in [0.2, 0.25) is 0 Å². The summed E-state index contributed by atoms with van der Waals surface area (Å²) in [5.41, 5.74) is 1.68. The molecule has 0 saturated heterocycles. The van der Waals surface area contributed by atoms with E-state index in [1.807, 2.05) is 43.3 Å². The highest BCUT2D eigenvalue weighted by molar-refractivity contribution is 5.89. The molecule has 0 bridgehead atoms. The summed E-state index contributed by atoms with van der Waals surface area (Å²) in [6.07, 6.45) is 6.49. The molecule has 1 aromatic rings. The number of carbonyl (C=O) groups is 1. The van der Waals surface area contributed by atoms with E-state index in [2.05, 4.69) is 5.32 Å². The molecular weight excluding hydrogens is 300 g/mol. The van der Waals surface area contributed by atoms with E-state index in [0.717, 1.165) is 12.2 Å². The van der Waals surface area contributed by atoms with Gasteiger partial charge in [0.05, 0.1) is 5.56 Å². The lowest BCUT2D eigenvalue weighted by Crippen LogP contribution is -2.33. The van der Waals surface area contributed by atoms with Gasteiger partial charge in [0.1, 0.15) is 6.61 Å². The normalized spacial score (nSPS) is 15.0. The predicted octanol–water partition coefficient (Wildman–Crippen LogP) is 3.25. The topological polar surface area (TPSA) is 41.6 Å². The number of ether oxygens (including phenoxy) is 1. The molecule has 0 amide bonds. The van der Waals surface area contributed by atoms with Crippen molar-refractivity contribution in [2.24, 2.45) is 0 Å². The standard InChI is InChI=1S/C17H26N2O2.ClH/c1-19(2)16-10-8-14(9-11-16)17(20)21-13-12-18-15-6-4-3-5-7-15;/h8-11,15,18H,3-7,12-13H2,1-2H3;1H. The van der Waals surface area contributed by atoms with Gasteiger partial charge in [0, 0.05) is 32.4 Å². The molecule has 0 spiro atoms. The molecule has 5 heteroatoms. The Morgan fingerprint density at radius 3 is 2.41 bits per heavy atom. The molecule has 4 nitrogen and oxygen atoms in total. The molecule has 0 heterocycles. The molecule has 1 fully saturated rings. The van der Waals surface area contributed by atoms with Gasteiger partial charge in [-0.2, -0.15) is 0 Å². The molecule has 1 aromatic carbocycles. The molecule has 0 aliphatic heterocycles. The first-order chi connectivity index (χ1) is 10.2. The highest BCUT2D eigenvalue weighted by Crippen LogP contribution is 2.17. The lowest BCUT2D eigenvalue weighted by atomic mass is 9.96. The van der Waals surface area contributed by atoms with E-state index >= 15 is 0 Å². The minimum absolute atomic E-state index is 0. The van der Waals surface area contributed by atoms with Crippen molar-refractivity contribution in [1.29, 1.82) is 0 Å². The van der Waals surface area contributed by atoms with E-state index < -0.39 is 0 Å². The van der Waals surface area contributed by atoms with E-state index in [-0.39, 0.29) is 18.4 Å². The minimum Gasteiger partial charge on any atom is -0.461 e. The Bertz CT molecular complexity index is 442. The van der Waals surface area contributed by atoms with Gasteiger partial charge in [-0.15, -0.1) is 12.4 Å². The first kappa shape index (κ1) is 18.8. The number of carbonyl (C=O) groups excluding carboxylic acids is 1. The predicted molar refractivity (Wildman–Crippen MR) is 93.2 cm³/mol. The monoisotopic (exact) mass is 326 g/mol. The SMILES string of the molecule is CN(C)c1ccc(C(=O)OCCNC2CCCCC2)cc1.Cl. The first-order valence-corrected chi connectivity index (χ1v) is 7.85. The van der Waals surface area contributed by atoms with Crippen molar-refractivity contribution in [3.05, 3.63) is 29.8 Å². The van der Waals surface area contributed by atoms with Crippen LogP contribution in [0.2, 0.25) is 0 Å². The molecule has 0 radical (unpaired) electrons. The van der Waals surface area contributed by atoms with E-state index in [9.17, 15) is 4.79 Å². The van der Waals surface area contributed by atoms with Crippen LogP contribution < -0.4 is 10.2 Å². The Labute approximate surface area is 139 Å². The van der Waals surface area contributed by atoms with Gasteiger partial charge in [-0.25, -0.2) is 4.79 Å². The highest BCUT2D eigenvalue weighted by Gasteiger charge is 2.12. The second kappa shape index (κ2) is 9.70. The van der Waals surface area contributed by atoms with Crippen molar-refractivity contribution in [2.45, 2.75) is 38.1 Å². The van der Waals surface area contributed by atoms with Crippen LogP contribution in [0.1, 0.15) is 42.5 Å². The van der Waals surface area contributed by atoms with Crippen LogP contribution in [0.3, 0.4) is 0 Å². The minimum atomic E-state index is -0.245. The zero-order valence-electron chi connectivity index (χ0n) is 13.5. The van der Waals surface area contributed by atoms with E-state index in [1.54, 1.807) is 0 Å². The third-order valence-corrected chi connectivity index (χ3v) is 3.99. The van der Waals surface area contributed by atoms with E-state index in [4.69, 9.17) is 4.74 Å². The summed E-state index contributed by atoms with van der Waals surface area (Å²) < 4.78 is 5.30. The third kappa shape index (κ3) is 5.85. The van der Waals surface area contributed by atoms with Crippen molar-refractivity contribution in [3.8, 4) is 0 Å². The van der Waals surface area contributed by atoms with E-state index in [0.29, 0.717) is 18.2 Å². The molecule has 1 saturated carbocycles. The van der Waals surface area contributed by atoms with Crippen LogP contribution >= 0.6 is 12.4 Å². The quantitative estimate of drug-likeness (QED) is 0.643. The Hall–Kier alpha value is -1.26. The maximum Gasteiger partial charge on any atom is 0.338 e. The number of rotatable bonds is 6. The number of benzene rings is 1. The number of esters is 1. The van der Waals surface area contributed by atoms with Crippen molar-refractivity contribution >= 4 is 24.1 Å². The molecule has 0 aromatic heterocycles. The van der Waals surface area contributed by atoms with Gasteiger partial charge in [-0.1, -0.05) is 19.3 Å². The molecular formula is C17H27ClN2O2. The average molecular weight is 327 g/mol. The fourth-order valence-electron chi connectivity index (χ4n) is 2.69. The molecule has 22 heavy (non-hydrogen) atoms. The molecule has 1 aliphatic carbocycles. The highest BCUT2D eigenvalue weighted by atomic mass is 35.5. The Kier molecular flexibility index (Phi) is 8.28. The molecule has 1 N–H and O–H groups in total. The van der Waals surface area contributed by atoms with Gasteiger partial charge in [-0.05, 0) is 37.1 Å². The lowest BCUT2D eigenvalue weighted by molar-refractivity contribution is 0.0504.